The van der Waals surface area contributed by atoms with Gasteiger partial charge < -0.3 is 21.3 Å². The number of carbonyl (C=O) groups is 3. The van der Waals surface area contributed by atoms with Gasteiger partial charge in [-0.25, -0.2) is 14.8 Å². The number of hydrogen-bond donors (Lipinski definition) is 5. The van der Waals surface area contributed by atoms with Crippen LogP contribution in [0.5, 0.6) is 0 Å². The Morgan fingerprint density at radius 1 is 1.18 bits per heavy atom. The van der Waals surface area contributed by atoms with E-state index >= 15 is 0 Å². The number of nitrogens with zero attached hydrogens (tertiary/aromatic N) is 5. The average Bonchev–Trinajstić information content (AvgIpc) is 2.80. The van der Waals surface area contributed by atoms with Crippen LogP contribution in [0.3, 0.4) is 0 Å². The maximum Gasteiger partial charge on any atom is 0.328 e. The van der Waals surface area contributed by atoms with Crippen molar-refractivity contribution < 1.29 is 24.6 Å². The molecule has 0 unspecified atom stereocenters. The summed E-state index contributed by atoms with van der Waals surface area (Å²) in [6.07, 6.45) is 0.363. The highest BCUT2D eigenvalue weighted by atomic mass is 16.4. The molecule has 0 saturated carbocycles. The van der Waals surface area contributed by atoms with Crippen molar-refractivity contribution in [1.82, 2.24) is 24.9 Å². The predicted molar refractivity (Wildman–Crippen MR) is 116 cm³/mol. The normalized spacial score (nSPS) is 11.5. The summed E-state index contributed by atoms with van der Waals surface area (Å²) in [7, 11) is 0. The molecule has 15 heteroatoms. The summed E-state index contributed by atoms with van der Waals surface area (Å²) in [5, 5.41) is 23.7. The van der Waals surface area contributed by atoms with E-state index in [1.54, 1.807) is 0 Å². The largest absolute Gasteiger partial charge is 0.481 e. The molecule has 0 aliphatic carbocycles. The molecule has 0 saturated heterocycles. The first-order chi connectivity index (χ1) is 16.2. The number of aliphatic carboxylic acids is 2. The van der Waals surface area contributed by atoms with Gasteiger partial charge in [0.25, 0.3) is 11.5 Å². The number of aromatic nitrogens is 4. The van der Waals surface area contributed by atoms with Crippen LogP contribution in [0, 0.1) is 4.91 Å². The van der Waals surface area contributed by atoms with E-state index in [9.17, 15) is 29.2 Å². The van der Waals surface area contributed by atoms with Gasteiger partial charge in [-0.15, -0.1) is 4.91 Å². The van der Waals surface area contributed by atoms with Crippen molar-refractivity contribution in [1.29, 1.82) is 0 Å². The van der Waals surface area contributed by atoms with Crippen LogP contribution in [0.1, 0.15) is 28.9 Å². The van der Waals surface area contributed by atoms with E-state index in [4.69, 9.17) is 10.8 Å². The van der Waals surface area contributed by atoms with Crippen molar-refractivity contribution in [3.05, 3.63) is 57.0 Å². The van der Waals surface area contributed by atoms with E-state index in [0.29, 0.717) is 11.4 Å². The van der Waals surface area contributed by atoms with Gasteiger partial charge in [0.2, 0.25) is 5.95 Å². The Morgan fingerprint density at radius 2 is 1.88 bits per heavy atom. The van der Waals surface area contributed by atoms with Gasteiger partial charge in [-0.1, -0.05) is 0 Å². The van der Waals surface area contributed by atoms with E-state index in [1.807, 2.05) is 0 Å². The molecule has 3 aromatic rings. The van der Waals surface area contributed by atoms with E-state index in [2.05, 4.69) is 30.5 Å². The van der Waals surface area contributed by atoms with Gasteiger partial charge in [0.15, 0.2) is 17.2 Å². The van der Waals surface area contributed by atoms with E-state index in [1.165, 1.54) is 30.5 Å². The fraction of sp³-hybridized carbons (Fsp3) is 0.211. The summed E-state index contributed by atoms with van der Waals surface area (Å²) < 4.78 is 0. The third kappa shape index (κ3) is 5.45. The molecular formula is C19H18N8O7. The monoisotopic (exact) mass is 470 g/mol. The molecule has 0 fully saturated rings. The van der Waals surface area contributed by atoms with Crippen molar-refractivity contribution >= 4 is 40.6 Å². The molecule has 2 heterocycles. The minimum atomic E-state index is -1.72. The second-order valence-electron chi connectivity index (χ2n) is 6.93. The SMILES string of the molecule is Nc1nc2ncc(CNc3ccc(C(=O)N(N=O)[C@@H](CCC(=O)O)C(=O)O)cc3)nc2c(=O)[nH]1. The van der Waals surface area contributed by atoms with Crippen molar-refractivity contribution in [3.8, 4) is 0 Å². The van der Waals surface area contributed by atoms with Gasteiger partial charge in [0.1, 0.15) is 0 Å². The number of nitrogens with two attached hydrogens (primary N) is 1. The Hall–Kier alpha value is -4.95. The van der Waals surface area contributed by atoms with Crippen LogP contribution in [0.2, 0.25) is 0 Å². The fourth-order valence-corrected chi connectivity index (χ4v) is 2.96. The first kappa shape index (κ1) is 23.7. The summed E-state index contributed by atoms with van der Waals surface area (Å²) in [6.45, 7) is 0.165. The molecule has 0 spiro atoms. The number of benzene rings is 1. The van der Waals surface area contributed by atoms with Crippen LogP contribution in [0.4, 0.5) is 11.6 Å². The van der Waals surface area contributed by atoms with Gasteiger partial charge >= 0.3 is 11.9 Å². The molecule has 34 heavy (non-hydrogen) atoms. The number of nitroso groups, excluding NO2 is 1. The van der Waals surface area contributed by atoms with E-state index in [-0.39, 0.29) is 34.2 Å². The lowest BCUT2D eigenvalue weighted by Crippen LogP contribution is -2.41. The number of nitrogens with one attached hydrogen (secondary N) is 2. The molecule has 0 radical (unpaired) electrons. The molecule has 15 nitrogen and oxygen atoms in total. The number of fused-ring (bicyclic) bond motifs is 1. The van der Waals surface area contributed by atoms with E-state index in [0.717, 1.165) is 0 Å². The Labute approximate surface area is 189 Å². The molecule has 0 aliphatic rings. The number of hydrogen-bond acceptors (Lipinski definition) is 11. The number of amides is 1. The van der Waals surface area contributed by atoms with Gasteiger partial charge in [-0.05, 0) is 30.7 Å². The lowest BCUT2D eigenvalue weighted by atomic mass is 10.1. The quantitative estimate of drug-likeness (QED) is 0.199. The summed E-state index contributed by atoms with van der Waals surface area (Å²) >= 11 is 0. The standard InChI is InChI=1S/C19H18N8O7/c20-19-24-15-14(16(30)25-19)23-11(8-22-15)7-21-10-3-1-9(2-4-10)17(31)27(26-34)12(18(32)33)5-6-13(28)29/h1-4,8,12,21H,5-7H2,(H,28,29)(H,32,33)(H3,20,22,24,25,30)/t12-/m0/s1. The lowest BCUT2D eigenvalue weighted by Gasteiger charge is -2.20. The summed E-state index contributed by atoms with van der Waals surface area (Å²) in [4.78, 5) is 72.2. The smallest absolute Gasteiger partial charge is 0.328 e. The number of carbonyl (C=O) groups excluding carboxylic acids is 1. The predicted octanol–water partition coefficient (Wildman–Crippen LogP) is 0.349. The average molecular weight is 470 g/mol. The minimum Gasteiger partial charge on any atom is -0.481 e. The highest BCUT2D eigenvalue weighted by molar-refractivity contribution is 5.96. The summed E-state index contributed by atoms with van der Waals surface area (Å²) in [5.41, 5.74) is 5.98. The third-order valence-electron chi connectivity index (χ3n) is 4.60. The Morgan fingerprint density at radius 3 is 2.50 bits per heavy atom. The minimum absolute atomic E-state index is 0.0202. The van der Waals surface area contributed by atoms with Crippen molar-refractivity contribution in [2.24, 2.45) is 5.29 Å². The van der Waals surface area contributed by atoms with Crippen molar-refractivity contribution in [3.63, 3.8) is 0 Å². The lowest BCUT2D eigenvalue weighted by molar-refractivity contribution is -0.143. The summed E-state index contributed by atoms with van der Waals surface area (Å²) in [5.74, 6) is -3.90. The van der Waals surface area contributed by atoms with Crippen LogP contribution < -0.4 is 16.6 Å². The van der Waals surface area contributed by atoms with Gasteiger partial charge in [0.05, 0.1) is 23.7 Å². The molecule has 176 valence electrons. The third-order valence-corrected chi connectivity index (χ3v) is 4.60. The molecule has 1 amide bonds. The van der Waals surface area contributed by atoms with Crippen LogP contribution in [0.15, 0.2) is 40.5 Å². The van der Waals surface area contributed by atoms with Crippen LogP contribution in [0.25, 0.3) is 11.2 Å². The molecule has 1 atom stereocenters. The van der Waals surface area contributed by atoms with Crippen molar-refractivity contribution in [2.75, 3.05) is 11.1 Å². The number of carboxylic acids is 2. The number of aromatic amines is 1. The van der Waals surface area contributed by atoms with Crippen LogP contribution >= 0.6 is 0 Å². The number of anilines is 2. The second-order valence-corrected chi connectivity index (χ2v) is 6.93. The zero-order valence-electron chi connectivity index (χ0n) is 17.3. The highest BCUT2D eigenvalue weighted by Crippen LogP contribution is 2.17. The van der Waals surface area contributed by atoms with Gasteiger partial charge in [-0.2, -0.15) is 9.99 Å². The Balaban J connectivity index is 1.70. The fourth-order valence-electron chi connectivity index (χ4n) is 2.96. The number of H-pyrrole nitrogens is 1. The zero-order chi connectivity index (χ0) is 24.8. The summed E-state index contributed by atoms with van der Waals surface area (Å²) in [6, 6.07) is 3.93. The first-order valence-electron chi connectivity index (χ1n) is 9.66. The molecule has 0 bridgehead atoms. The Bertz CT molecular complexity index is 1310. The Kier molecular flexibility index (Phi) is 7.05. The van der Waals surface area contributed by atoms with Crippen LogP contribution in [-0.4, -0.2) is 59.0 Å². The molecule has 2 aromatic heterocycles. The second kappa shape index (κ2) is 10.1. The maximum atomic E-state index is 12.6. The zero-order valence-corrected chi connectivity index (χ0v) is 17.3. The van der Waals surface area contributed by atoms with Crippen LogP contribution in [-0.2, 0) is 16.1 Å². The number of rotatable bonds is 10. The van der Waals surface area contributed by atoms with Crippen molar-refractivity contribution in [2.45, 2.75) is 25.4 Å². The molecular weight excluding hydrogens is 452 g/mol. The number of carboxylic acid groups (broad SMARTS) is 2. The maximum absolute atomic E-state index is 12.6. The topological polar surface area (TPSA) is 234 Å². The first-order valence-corrected chi connectivity index (χ1v) is 9.66. The highest BCUT2D eigenvalue weighted by Gasteiger charge is 2.32. The molecule has 1 aromatic carbocycles. The molecule has 3 rings (SSSR count). The molecule has 6 N–H and O–H groups in total. The molecule has 0 aliphatic heterocycles. The van der Waals surface area contributed by atoms with E-state index < -0.39 is 42.3 Å². The van der Waals surface area contributed by atoms with Gasteiger partial charge in [-0.3, -0.25) is 19.4 Å². The van der Waals surface area contributed by atoms with Gasteiger partial charge in [0, 0.05) is 17.7 Å². The number of nitrogen functional groups attached to an aromatic ring is 1.